The van der Waals surface area contributed by atoms with E-state index in [1.807, 2.05) is 0 Å². The first-order valence-electron chi connectivity index (χ1n) is 13.6. The van der Waals surface area contributed by atoms with E-state index in [1.54, 1.807) is 0 Å². The van der Waals surface area contributed by atoms with Crippen molar-refractivity contribution >= 4 is 66.7 Å². The Kier molecular flexibility index (Phi) is 4.17. The topological polar surface area (TPSA) is 9.86 Å². The van der Waals surface area contributed by atoms with Crippen molar-refractivity contribution in [3.05, 3.63) is 140 Å². The third kappa shape index (κ3) is 2.77. The first-order chi connectivity index (χ1) is 19.4. The van der Waals surface area contributed by atoms with Gasteiger partial charge in [-0.05, 0) is 41.3 Å². The molecule has 0 spiro atoms. The molecule has 3 heterocycles. The van der Waals surface area contributed by atoms with Crippen LogP contribution < -0.4 is 16.4 Å². The Balaban J connectivity index is 1.43. The highest BCUT2D eigenvalue weighted by Gasteiger charge is 2.33. The maximum Gasteiger partial charge on any atom is 0.246 e. The van der Waals surface area contributed by atoms with E-state index >= 15 is 0 Å². The van der Waals surface area contributed by atoms with E-state index in [0.717, 1.165) is 0 Å². The predicted molar refractivity (Wildman–Crippen MR) is 166 cm³/mol. The van der Waals surface area contributed by atoms with Crippen LogP contribution in [0, 0.1) is 0 Å². The Labute approximate surface area is 226 Å². The molecule has 2 nitrogen and oxygen atoms in total. The van der Waals surface area contributed by atoms with Crippen LogP contribution in [-0.2, 0) is 0 Å². The lowest BCUT2D eigenvalue weighted by Crippen LogP contribution is -2.55. The van der Waals surface area contributed by atoms with Gasteiger partial charge in [-0.2, -0.15) is 0 Å². The lowest BCUT2D eigenvalue weighted by atomic mass is 9.35. The molecule has 9 rings (SSSR count). The van der Waals surface area contributed by atoms with Crippen molar-refractivity contribution in [3.8, 4) is 11.4 Å². The minimum Gasteiger partial charge on any atom is -0.310 e. The zero-order valence-corrected chi connectivity index (χ0v) is 21.3. The molecule has 0 bridgehead atoms. The maximum absolute atomic E-state index is 2.51. The predicted octanol–water partition coefficient (Wildman–Crippen LogP) is 6.71. The lowest BCUT2D eigenvalue weighted by molar-refractivity contribution is 1.14. The summed E-state index contributed by atoms with van der Waals surface area (Å²) < 4.78 is 4.93. The number of para-hydroxylation sites is 4. The minimum absolute atomic E-state index is 0.175. The third-order valence-electron chi connectivity index (χ3n) is 8.57. The normalized spacial score (nSPS) is 12.6. The van der Waals surface area contributed by atoms with Crippen LogP contribution >= 0.6 is 0 Å². The van der Waals surface area contributed by atoms with Crippen LogP contribution in [0.4, 0.5) is 0 Å². The molecule has 0 aliphatic carbocycles. The Morgan fingerprint density at radius 2 is 0.974 bits per heavy atom. The molecule has 0 saturated heterocycles. The van der Waals surface area contributed by atoms with Crippen LogP contribution in [0.15, 0.2) is 140 Å². The summed E-state index contributed by atoms with van der Waals surface area (Å²) in [7, 11) is 0. The van der Waals surface area contributed by atoms with Gasteiger partial charge < -0.3 is 9.13 Å². The standard InChI is InChI=1S/C36H23BN2/c1-2-11-24(12-3-1)37-30-22-21-25(38-32-18-7-4-13-26(32)27-14-5-8-19-33(27)38)23-35(30)39-34-20-9-6-15-28(34)29-16-10-17-31(37)36(29)39/h1-23H. The van der Waals surface area contributed by atoms with Gasteiger partial charge in [-0.3, -0.25) is 0 Å². The van der Waals surface area contributed by atoms with Crippen LogP contribution in [0.25, 0.3) is 55.0 Å². The summed E-state index contributed by atoms with van der Waals surface area (Å²) in [5.74, 6) is 0. The van der Waals surface area contributed by atoms with E-state index in [2.05, 4.69) is 149 Å². The molecule has 0 fully saturated rings. The number of hydrogen-bond acceptors (Lipinski definition) is 0. The molecular weight excluding hydrogens is 471 g/mol. The Bertz CT molecular complexity index is 2180. The molecule has 0 atom stereocenters. The first kappa shape index (κ1) is 21.0. The number of hydrogen-bond donors (Lipinski definition) is 0. The fourth-order valence-electron chi connectivity index (χ4n) is 7.01. The number of aromatic nitrogens is 2. The molecule has 2 aromatic heterocycles. The Morgan fingerprint density at radius 3 is 1.67 bits per heavy atom. The van der Waals surface area contributed by atoms with E-state index in [9.17, 15) is 0 Å². The van der Waals surface area contributed by atoms with Gasteiger partial charge in [0.2, 0.25) is 6.71 Å². The molecule has 180 valence electrons. The van der Waals surface area contributed by atoms with Crippen molar-refractivity contribution in [3.63, 3.8) is 0 Å². The average molecular weight is 494 g/mol. The van der Waals surface area contributed by atoms with Crippen molar-refractivity contribution in [1.82, 2.24) is 9.13 Å². The molecule has 3 heteroatoms. The second-order valence-corrected chi connectivity index (χ2v) is 10.6. The Hall–Kier alpha value is -5.02. The maximum atomic E-state index is 2.51. The van der Waals surface area contributed by atoms with Crippen molar-refractivity contribution in [2.45, 2.75) is 0 Å². The summed E-state index contributed by atoms with van der Waals surface area (Å²) in [5, 5.41) is 5.19. The number of fused-ring (bicyclic) bond motifs is 8. The molecule has 0 unspecified atom stereocenters. The molecule has 0 amide bonds. The van der Waals surface area contributed by atoms with Gasteiger partial charge >= 0.3 is 0 Å². The zero-order chi connectivity index (χ0) is 25.5. The van der Waals surface area contributed by atoms with Gasteiger partial charge in [0.15, 0.2) is 0 Å². The summed E-state index contributed by atoms with van der Waals surface area (Å²) in [4.78, 5) is 0. The molecule has 0 radical (unpaired) electrons. The van der Waals surface area contributed by atoms with Crippen molar-refractivity contribution in [2.75, 3.05) is 0 Å². The van der Waals surface area contributed by atoms with E-state index in [1.165, 1.54) is 71.4 Å². The van der Waals surface area contributed by atoms with Gasteiger partial charge in [0.25, 0.3) is 0 Å². The highest BCUT2D eigenvalue weighted by atomic mass is 15.0. The minimum atomic E-state index is 0.175. The van der Waals surface area contributed by atoms with Crippen LogP contribution in [0.3, 0.4) is 0 Å². The number of benzene rings is 6. The highest BCUT2D eigenvalue weighted by molar-refractivity contribution is 6.98. The van der Waals surface area contributed by atoms with E-state index in [-0.39, 0.29) is 6.71 Å². The largest absolute Gasteiger partial charge is 0.310 e. The SMILES string of the molecule is c1ccc(B2c3ccc(-n4c5ccccc5c5ccccc54)cc3-n3c4ccccc4c4cccc2c43)cc1. The number of nitrogens with zero attached hydrogens (tertiary/aromatic N) is 2. The smallest absolute Gasteiger partial charge is 0.246 e. The van der Waals surface area contributed by atoms with Crippen LogP contribution in [-0.4, -0.2) is 15.8 Å². The molecule has 6 aromatic carbocycles. The van der Waals surface area contributed by atoms with Crippen LogP contribution in [0.5, 0.6) is 0 Å². The third-order valence-corrected chi connectivity index (χ3v) is 8.57. The molecular formula is C36H23BN2. The summed E-state index contributed by atoms with van der Waals surface area (Å²) in [6.45, 7) is 0.175. The van der Waals surface area contributed by atoms with E-state index < -0.39 is 0 Å². The van der Waals surface area contributed by atoms with Gasteiger partial charge in [0.05, 0.1) is 16.6 Å². The van der Waals surface area contributed by atoms with E-state index in [0.29, 0.717) is 0 Å². The molecule has 0 N–H and O–H groups in total. The van der Waals surface area contributed by atoms with Gasteiger partial charge in [-0.1, -0.05) is 115 Å². The monoisotopic (exact) mass is 494 g/mol. The van der Waals surface area contributed by atoms with Gasteiger partial charge in [0.1, 0.15) is 0 Å². The fourth-order valence-corrected chi connectivity index (χ4v) is 7.01. The quantitative estimate of drug-likeness (QED) is 0.237. The zero-order valence-electron chi connectivity index (χ0n) is 21.3. The van der Waals surface area contributed by atoms with Crippen LogP contribution in [0.2, 0.25) is 0 Å². The average Bonchev–Trinajstić information content (AvgIpc) is 3.52. The van der Waals surface area contributed by atoms with Gasteiger partial charge in [0, 0.05) is 38.4 Å². The summed E-state index contributed by atoms with van der Waals surface area (Å²) in [5.41, 5.74) is 11.5. The fraction of sp³-hybridized carbons (Fsp3) is 0. The molecule has 0 saturated carbocycles. The Morgan fingerprint density at radius 1 is 0.410 bits per heavy atom. The summed E-state index contributed by atoms with van der Waals surface area (Å²) >= 11 is 0. The molecule has 1 aliphatic rings. The molecule has 8 aromatic rings. The van der Waals surface area contributed by atoms with Gasteiger partial charge in [-0.15, -0.1) is 0 Å². The van der Waals surface area contributed by atoms with Crippen LogP contribution in [0.1, 0.15) is 0 Å². The van der Waals surface area contributed by atoms with Crippen molar-refractivity contribution in [1.29, 1.82) is 0 Å². The molecule has 39 heavy (non-hydrogen) atoms. The lowest BCUT2D eigenvalue weighted by Gasteiger charge is -2.28. The first-order valence-corrected chi connectivity index (χ1v) is 13.6. The number of rotatable bonds is 2. The summed E-state index contributed by atoms with van der Waals surface area (Å²) in [6.07, 6.45) is 0. The van der Waals surface area contributed by atoms with E-state index in [4.69, 9.17) is 0 Å². The highest BCUT2D eigenvalue weighted by Crippen LogP contribution is 2.36. The second kappa shape index (κ2) is 7.75. The second-order valence-electron chi connectivity index (χ2n) is 10.6. The van der Waals surface area contributed by atoms with Gasteiger partial charge in [-0.25, -0.2) is 0 Å². The molecule has 1 aliphatic heterocycles. The summed E-state index contributed by atoms with van der Waals surface area (Å²) in [6, 6.07) is 51.2. The van der Waals surface area contributed by atoms with Crippen molar-refractivity contribution in [2.24, 2.45) is 0 Å². The van der Waals surface area contributed by atoms with Crippen molar-refractivity contribution < 1.29 is 0 Å².